The van der Waals surface area contributed by atoms with Crippen molar-refractivity contribution in [1.29, 1.82) is 0 Å². The van der Waals surface area contributed by atoms with Crippen LogP contribution in [0, 0.1) is 6.92 Å². The second-order valence-electron chi connectivity index (χ2n) is 6.28. The van der Waals surface area contributed by atoms with Crippen molar-refractivity contribution in [3.63, 3.8) is 0 Å². The molecule has 0 bridgehead atoms. The SMILES string of the molecule is CCc1ccc(S(=O)(=O)Nc2cc(C)nn2C2CCS(=O)(=O)C2)cc1. The fraction of sp³-hybridized carbons (Fsp3) is 0.438. The maximum absolute atomic E-state index is 12.6. The molecule has 0 saturated carbocycles. The minimum absolute atomic E-state index is 0.0198. The molecule has 1 atom stereocenters. The second-order valence-corrected chi connectivity index (χ2v) is 10.2. The Labute approximate surface area is 148 Å². The van der Waals surface area contributed by atoms with Crippen LogP contribution >= 0.6 is 0 Å². The lowest BCUT2D eigenvalue weighted by Gasteiger charge is -2.14. The van der Waals surface area contributed by atoms with Crippen LogP contribution in [0.15, 0.2) is 35.2 Å². The maximum Gasteiger partial charge on any atom is 0.263 e. The van der Waals surface area contributed by atoms with Crippen molar-refractivity contribution < 1.29 is 16.8 Å². The Balaban J connectivity index is 1.89. The smallest absolute Gasteiger partial charge is 0.263 e. The number of sulfone groups is 1. The van der Waals surface area contributed by atoms with Gasteiger partial charge in [-0.1, -0.05) is 19.1 Å². The van der Waals surface area contributed by atoms with Crippen molar-refractivity contribution in [2.75, 3.05) is 16.2 Å². The predicted molar refractivity (Wildman–Crippen MR) is 95.9 cm³/mol. The zero-order valence-corrected chi connectivity index (χ0v) is 15.8. The van der Waals surface area contributed by atoms with Gasteiger partial charge in [0.05, 0.1) is 28.1 Å². The highest BCUT2D eigenvalue weighted by molar-refractivity contribution is 7.92. The number of anilines is 1. The second kappa shape index (κ2) is 6.45. The molecule has 0 amide bonds. The van der Waals surface area contributed by atoms with Crippen LogP contribution in [0.5, 0.6) is 0 Å². The molecule has 1 fully saturated rings. The van der Waals surface area contributed by atoms with Crippen molar-refractivity contribution in [3.8, 4) is 0 Å². The molecule has 7 nitrogen and oxygen atoms in total. The first-order chi connectivity index (χ1) is 11.7. The van der Waals surface area contributed by atoms with Crippen LogP contribution in [0.1, 0.15) is 30.6 Å². The van der Waals surface area contributed by atoms with Crippen molar-refractivity contribution in [2.45, 2.75) is 37.6 Å². The summed E-state index contributed by atoms with van der Waals surface area (Å²) < 4.78 is 52.7. The normalized spacial score (nSPS) is 19.8. The molecule has 3 rings (SSSR count). The van der Waals surface area contributed by atoms with E-state index in [1.165, 1.54) is 4.68 Å². The number of aryl methyl sites for hydroxylation is 2. The third-order valence-electron chi connectivity index (χ3n) is 4.29. The molecule has 1 unspecified atom stereocenters. The summed E-state index contributed by atoms with van der Waals surface area (Å²) in [5, 5.41) is 4.29. The van der Waals surface area contributed by atoms with E-state index < -0.39 is 19.9 Å². The van der Waals surface area contributed by atoms with Crippen LogP contribution < -0.4 is 4.72 Å². The van der Waals surface area contributed by atoms with Gasteiger partial charge in [0.15, 0.2) is 9.84 Å². The average molecular weight is 383 g/mol. The standard InChI is InChI=1S/C16H21N3O4S2/c1-3-13-4-6-15(7-5-13)25(22,23)18-16-10-12(2)17-19(16)14-8-9-24(20,21)11-14/h4-7,10,14,18H,3,8-9,11H2,1-2H3. The molecule has 25 heavy (non-hydrogen) atoms. The highest BCUT2D eigenvalue weighted by Crippen LogP contribution is 2.28. The van der Waals surface area contributed by atoms with Crippen LogP contribution in [0.3, 0.4) is 0 Å². The van der Waals surface area contributed by atoms with Gasteiger partial charge in [-0.2, -0.15) is 5.10 Å². The molecule has 1 N–H and O–H groups in total. The number of sulfonamides is 1. The van der Waals surface area contributed by atoms with Gasteiger partial charge in [-0.25, -0.2) is 21.5 Å². The first-order valence-corrected chi connectivity index (χ1v) is 11.4. The molecule has 2 aromatic rings. The Morgan fingerprint density at radius 3 is 2.52 bits per heavy atom. The Hall–Kier alpha value is -1.87. The van der Waals surface area contributed by atoms with Gasteiger partial charge < -0.3 is 0 Å². The summed E-state index contributed by atoms with van der Waals surface area (Å²) >= 11 is 0. The highest BCUT2D eigenvalue weighted by Gasteiger charge is 2.32. The Morgan fingerprint density at radius 1 is 1.28 bits per heavy atom. The molecular weight excluding hydrogens is 362 g/mol. The molecule has 136 valence electrons. The molecule has 1 aliphatic rings. The summed E-state index contributed by atoms with van der Waals surface area (Å²) in [6.07, 6.45) is 1.26. The van der Waals surface area contributed by atoms with E-state index in [1.54, 1.807) is 37.3 Å². The van der Waals surface area contributed by atoms with Crippen LogP contribution in [0.25, 0.3) is 0 Å². The zero-order chi connectivity index (χ0) is 18.2. The van der Waals surface area contributed by atoms with E-state index >= 15 is 0 Å². The molecule has 1 aromatic carbocycles. The summed E-state index contributed by atoms with van der Waals surface area (Å²) in [5.41, 5.74) is 1.68. The van der Waals surface area contributed by atoms with Gasteiger partial charge in [0.1, 0.15) is 5.82 Å². The van der Waals surface area contributed by atoms with E-state index in [0.717, 1.165) is 12.0 Å². The minimum atomic E-state index is -3.77. The summed E-state index contributed by atoms with van der Waals surface area (Å²) in [6.45, 7) is 3.74. The van der Waals surface area contributed by atoms with Crippen molar-refractivity contribution in [1.82, 2.24) is 9.78 Å². The molecular formula is C16H21N3O4S2. The van der Waals surface area contributed by atoms with E-state index in [-0.39, 0.29) is 22.4 Å². The Kier molecular flexibility index (Phi) is 4.63. The van der Waals surface area contributed by atoms with E-state index in [0.29, 0.717) is 17.9 Å². The lowest BCUT2D eigenvalue weighted by molar-refractivity contribution is 0.503. The first kappa shape index (κ1) is 17.9. The molecule has 1 aromatic heterocycles. The fourth-order valence-electron chi connectivity index (χ4n) is 2.94. The third-order valence-corrected chi connectivity index (χ3v) is 7.41. The summed E-state index contributed by atoms with van der Waals surface area (Å²) in [6, 6.07) is 7.95. The number of aromatic nitrogens is 2. The van der Waals surface area contributed by atoms with E-state index in [2.05, 4.69) is 9.82 Å². The minimum Gasteiger partial charge on any atom is -0.264 e. The lowest BCUT2D eigenvalue weighted by Crippen LogP contribution is -2.20. The van der Waals surface area contributed by atoms with Gasteiger partial charge in [0.2, 0.25) is 0 Å². The fourth-order valence-corrected chi connectivity index (χ4v) is 5.67. The topological polar surface area (TPSA) is 98.1 Å². The van der Waals surface area contributed by atoms with Crippen molar-refractivity contribution in [2.24, 2.45) is 0 Å². The monoisotopic (exact) mass is 383 g/mol. The molecule has 2 heterocycles. The zero-order valence-electron chi connectivity index (χ0n) is 14.1. The van der Waals surface area contributed by atoms with Gasteiger partial charge in [-0.3, -0.25) is 4.72 Å². The van der Waals surface area contributed by atoms with Gasteiger partial charge in [-0.05, 0) is 37.5 Å². The summed E-state index contributed by atoms with van der Waals surface area (Å²) in [7, 11) is -6.86. The number of benzene rings is 1. The Morgan fingerprint density at radius 2 is 1.96 bits per heavy atom. The third kappa shape index (κ3) is 3.87. The van der Waals surface area contributed by atoms with Crippen LogP contribution in [-0.4, -0.2) is 38.1 Å². The number of hydrogen-bond donors (Lipinski definition) is 1. The largest absolute Gasteiger partial charge is 0.264 e. The molecule has 9 heteroatoms. The van der Waals surface area contributed by atoms with E-state index in [1.807, 2.05) is 6.92 Å². The molecule has 1 saturated heterocycles. The molecule has 0 radical (unpaired) electrons. The summed E-state index contributed by atoms with van der Waals surface area (Å²) in [5.74, 6) is 0.370. The van der Waals surface area contributed by atoms with Crippen LogP contribution in [0.4, 0.5) is 5.82 Å². The molecule has 1 aliphatic heterocycles. The lowest BCUT2D eigenvalue weighted by atomic mass is 10.2. The predicted octanol–water partition coefficient (Wildman–Crippen LogP) is 1.91. The number of nitrogens with zero attached hydrogens (tertiary/aromatic N) is 2. The van der Waals surface area contributed by atoms with E-state index in [9.17, 15) is 16.8 Å². The van der Waals surface area contributed by atoms with Gasteiger partial charge >= 0.3 is 0 Å². The molecule has 0 spiro atoms. The summed E-state index contributed by atoms with van der Waals surface area (Å²) in [4.78, 5) is 0.161. The van der Waals surface area contributed by atoms with Crippen LogP contribution in [0.2, 0.25) is 0 Å². The molecule has 0 aliphatic carbocycles. The van der Waals surface area contributed by atoms with E-state index in [4.69, 9.17) is 0 Å². The Bertz CT molecular complexity index is 977. The van der Waals surface area contributed by atoms with Gasteiger partial charge in [0.25, 0.3) is 10.0 Å². The number of nitrogens with one attached hydrogen (secondary N) is 1. The highest BCUT2D eigenvalue weighted by atomic mass is 32.2. The van der Waals surface area contributed by atoms with Gasteiger partial charge in [-0.15, -0.1) is 0 Å². The number of hydrogen-bond acceptors (Lipinski definition) is 5. The quantitative estimate of drug-likeness (QED) is 0.850. The first-order valence-electron chi connectivity index (χ1n) is 8.08. The van der Waals surface area contributed by atoms with Crippen molar-refractivity contribution >= 4 is 25.7 Å². The van der Waals surface area contributed by atoms with Crippen LogP contribution in [-0.2, 0) is 26.3 Å². The van der Waals surface area contributed by atoms with Gasteiger partial charge in [0, 0.05) is 6.07 Å². The van der Waals surface area contributed by atoms with Crippen molar-refractivity contribution in [3.05, 3.63) is 41.6 Å². The maximum atomic E-state index is 12.6. The number of rotatable bonds is 5. The average Bonchev–Trinajstić information content (AvgIpc) is 3.08.